The number of hydrogen-bond acceptors (Lipinski definition) is 4. The van der Waals surface area contributed by atoms with Crippen LogP contribution in [-0.4, -0.2) is 58.5 Å². The Balaban J connectivity index is 1.21. The Hall–Kier alpha value is -2.97. The van der Waals surface area contributed by atoms with Crippen LogP contribution in [0.15, 0.2) is 87.9 Å². The highest BCUT2D eigenvalue weighted by atomic mass is 79.9. The summed E-state index contributed by atoms with van der Waals surface area (Å²) in [5, 5.41) is 8.02. The molecule has 0 radical (unpaired) electrons. The van der Waals surface area contributed by atoms with Gasteiger partial charge in [0, 0.05) is 40.1 Å². The number of carbonyl (C=O) groups is 2. The first kappa shape index (κ1) is 29.1. The fourth-order valence-electron chi connectivity index (χ4n) is 6.09. The summed E-state index contributed by atoms with van der Waals surface area (Å²) in [4.78, 5) is 30.7. The third-order valence-corrected chi connectivity index (χ3v) is 9.26. The van der Waals surface area contributed by atoms with Crippen LogP contribution < -0.4 is 0 Å². The van der Waals surface area contributed by atoms with E-state index in [1.807, 2.05) is 82.6 Å². The molecule has 3 aromatic carbocycles. The average Bonchev–Trinajstić information content (AvgIpc) is 3.38. The zero-order chi connectivity index (χ0) is 29.2. The number of hydrazone groups is 1. The van der Waals surface area contributed by atoms with Gasteiger partial charge in [-0.1, -0.05) is 75.5 Å². The Morgan fingerprint density at radius 2 is 1.64 bits per heavy atom. The van der Waals surface area contributed by atoms with Gasteiger partial charge in [0.05, 0.1) is 24.8 Å². The van der Waals surface area contributed by atoms with Crippen LogP contribution in [0.5, 0.6) is 0 Å². The first-order valence-corrected chi connectivity index (χ1v) is 15.8. The molecular weight excluding hydrogens is 635 g/mol. The Labute approximate surface area is 264 Å². The van der Waals surface area contributed by atoms with E-state index in [2.05, 4.69) is 22.0 Å². The van der Waals surface area contributed by atoms with Crippen LogP contribution >= 0.6 is 39.1 Å². The van der Waals surface area contributed by atoms with Crippen molar-refractivity contribution in [3.63, 3.8) is 0 Å². The maximum atomic E-state index is 13.9. The van der Waals surface area contributed by atoms with Crippen molar-refractivity contribution in [3.8, 4) is 0 Å². The quantitative estimate of drug-likeness (QED) is 0.279. The molecule has 1 saturated heterocycles. The summed E-state index contributed by atoms with van der Waals surface area (Å²) in [6, 6.07) is 23.3. The van der Waals surface area contributed by atoms with Crippen LogP contribution in [0.25, 0.3) is 6.08 Å². The van der Waals surface area contributed by atoms with E-state index in [0.29, 0.717) is 29.7 Å². The van der Waals surface area contributed by atoms with Crippen LogP contribution in [0.1, 0.15) is 42.0 Å². The normalized spacial score (nSPS) is 21.9. The Morgan fingerprint density at radius 1 is 0.952 bits per heavy atom. The van der Waals surface area contributed by atoms with E-state index in [9.17, 15) is 9.59 Å². The fraction of sp³-hybridized carbons (Fsp3) is 0.303. The van der Waals surface area contributed by atoms with E-state index in [-0.39, 0.29) is 36.9 Å². The lowest BCUT2D eigenvalue weighted by Gasteiger charge is -2.35. The zero-order valence-electron chi connectivity index (χ0n) is 23.1. The molecule has 3 aliphatic rings. The molecule has 2 atom stereocenters. The SMILES string of the molecule is O=C1CN(CC(=O)N2N=C3/C(=C\c4ccc(Cl)cc4)CCCC3C2c2ccc(Cl)cc2)CCN1Cc1ccc(Br)cc1. The van der Waals surface area contributed by atoms with Crippen molar-refractivity contribution in [2.24, 2.45) is 11.0 Å². The summed E-state index contributed by atoms with van der Waals surface area (Å²) in [6.07, 6.45) is 5.03. The lowest BCUT2D eigenvalue weighted by molar-refractivity contribution is -0.140. The lowest BCUT2D eigenvalue weighted by atomic mass is 9.77. The summed E-state index contributed by atoms with van der Waals surface area (Å²) in [6.45, 7) is 2.13. The van der Waals surface area contributed by atoms with Crippen LogP contribution in [0.2, 0.25) is 10.0 Å². The predicted molar refractivity (Wildman–Crippen MR) is 171 cm³/mol. The van der Waals surface area contributed by atoms with E-state index in [1.165, 1.54) is 0 Å². The van der Waals surface area contributed by atoms with E-state index < -0.39 is 0 Å². The smallest absolute Gasteiger partial charge is 0.257 e. The van der Waals surface area contributed by atoms with Crippen molar-refractivity contribution < 1.29 is 9.59 Å². The van der Waals surface area contributed by atoms with E-state index in [1.54, 1.807) is 5.01 Å². The summed E-state index contributed by atoms with van der Waals surface area (Å²) in [7, 11) is 0. The maximum absolute atomic E-state index is 13.9. The second kappa shape index (κ2) is 12.7. The molecule has 2 fully saturated rings. The minimum atomic E-state index is -0.215. The summed E-state index contributed by atoms with van der Waals surface area (Å²) < 4.78 is 1.01. The van der Waals surface area contributed by atoms with Crippen LogP contribution in [-0.2, 0) is 16.1 Å². The van der Waals surface area contributed by atoms with Crippen molar-refractivity contribution >= 4 is 62.7 Å². The molecule has 2 amide bonds. The number of allylic oxidation sites excluding steroid dienone is 1. The number of nitrogens with zero attached hydrogens (tertiary/aromatic N) is 4. The molecule has 216 valence electrons. The highest BCUT2D eigenvalue weighted by molar-refractivity contribution is 9.10. The number of benzene rings is 3. The Bertz CT molecular complexity index is 1520. The topological polar surface area (TPSA) is 56.2 Å². The molecule has 0 spiro atoms. The van der Waals surface area contributed by atoms with Crippen molar-refractivity contribution in [2.45, 2.75) is 31.8 Å². The van der Waals surface area contributed by atoms with Gasteiger partial charge in [0.15, 0.2) is 0 Å². The number of piperazine rings is 1. The molecule has 42 heavy (non-hydrogen) atoms. The van der Waals surface area contributed by atoms with E-state index >= 15 is 0 Å². The molecule has 0 bridgehead atoms. The highest BCUT2D eigenvalue weighted by Crippen LogP contribution is 2.44. The number of halogens is 3. The standard InChI is InChI=1S/C33H31BrCl2N4O2/c34-26-10-4-23(5-11-26)19-39-17-16-38(20-30(39)41)21-31(42)40-33(24-8-14-28(36)15-9-24)29-3-1-2-25(32(29)37-40)18-22-6-12-27(35)13-7-22/h4-15,18,29,33H,1-3,16-17,19-21H2/b25-18-. The first-order valence-electron chi connectivity index (χ1n) is 14.2. The van der Waals surface area contributed by atoms with E-state index in [4.69, 9.17) is 28.3 Å². The number of amides is 2. The van der Waals surface area contributed by atoms with Gasteiger partial charge < -0.3 is 4.90 Å². The maximum Gasteiger partial charge on any atom is 0.257 e. The molecule has 1 saturated carbocycles. The summed E-state index contributed by atoms with van der Waals surface area (Å²) >= 11 is 15.8. The Kier molecular flexibility index (Phi) is 8.82. The minimum Gasteiger partial charge on any atom is -0.336 e. The van der Waals surface area contributed by atoms with Crippen molar-refractivity contribution in [2.75, 3.05) is 26.2 Å². The van der Waals surface area contributed by atoms with Gasteiger partial charge in [0.25, 0.3) is 5.91 Å². The third kappa shape index (κ3) is 6.50. The number of hydrogen-bond donors (Lipinski definition) is 0. The van der Waals surface area contributed by atoms with Gasteiger partial charge in [0.1, 0.15) is 0 Å². The van der Waals surface area contributed by atoms with Crippen molar-refractivity contribution in [1.29, 1.82) is 0 Å². The molecule has 0 aromatic heterocycles. The molecule has 3 aromatic rings. The lowest BCUT2D eigenvalue weighted by Crippen LogP contribution is -2.52. The molecule has 6 nitrogen and oxygen atoms in total. The van der Waals surface area contributed by atoms with Gasteiger partial charge in [-0.25, -0.2) is 5.01 Å². The molecular formula is C33H31BrCl2N4O2. The van der Waals surface area contributed by atoms with Crippen LogP contribution in [0.4, 0.5) is 0 Å². The van der Waals surface area contributed by atoms with Gasteiger partial charge in [-0.2, -0.15) is 5.10 Å². The molecule has 1 aliphatic carbocycles. The minimum absolute atomic E-state index is 0.0285. The van der Waals surface area contributed by atoms with Gasteiger partial charge in [0.2, 0.25) is 5.91 Å². The monoisotopic (exact) mass is 664 g/mol. The molecule has 6 rings (SSSR count). The third-order valence-electron chi connectivity index (χ3n) is 8.22. The highest BCUT2D eigenvalue weighted by Gasteiger charge is 2.44. The number of rotatable bonds is 6. The first-order chi connectivity index (χ1) is 20.3. The largest absolute Gasteiger partial charge is 0.336 e. The molecule has 2 unspecified atom stereocenters. The number of carbonyl (C=O) groups excluding carboxylic acids is 2. The predicted octanol–water partition coefficient (Wildman–Crippen LogP) is 7.22. The van der Waals surface area contributed by atoms with Gasteiger partial charge in [-0.3, -0.25) is 14.5 Å². The molecule has 0 N–H and O–H groups in total. The van der Waals surface area contributed by atoms with E-state index in [0.717, 1.165) is 51.7 Å². The number of fused-ring (bicyclic) bond motifs is 1. The van der Waals surface area contributed by atoms with Gasteiger partial charge in [-0.05, 0) is 84.0 Å². The van der Waals surface area contributed by atoms with Crippen molar-refractivity contribution in [1.82, 2.24) is 14.8 Å². The zero-order valence-corrected chi connectivity index (χ0v) is 26.2. The molecule has 9 heteroatoms. The molecule has 2 aliphatic heterocycles. The fourth-order valence-corrected chi connectivity index (χ4v) is 6.61. The van der Waals surface area contributed by atoms with Crippen LogP contribution in [0, 0.1) is 5.92 Å². The van der Waals surface area contributed by atoms with Gasteiger partial charge in [-0.15, -0.1) is 0 Å². The Morgan fingerprint density at radius 3 is 2.33 bits per heavy atom. The summed E-state index contributed by atoms with van der Waals surface area (Å²) in [5.41, 5.74) is 5.28. The molecule has 2 heterocycles. The van der Waals surface area contributed by atoms with Crippen molar-refractivity contribution in [3.05, 3.63) is 110 Å². The second-order valence-corrected chi connectivity index (χ2v) is 12.9. The van der Waals surface area contributed by atoms with Crippen LogP contribution in [0.3, 0.4) is 0 Å². The summed E-state index contributed by atoms with van der Waals surface area (Å²) in [5.74, 6) is 0.0180. The average molecular weight is 666 g/mol. The van der Waals surface area contributed by atoms with Gasteiger partial charge >= 0.3 is 0 Å². The second-order valence-electron chi connectivity index (χ2n) is 11.1.